The number of hydrogen-bond acceptors (Lipinski definition) is 2. The van der Waals surface area contributed by atoms with Gasteiger partial charge in [-0.25, -0.2) is 0 Å². The summed E-state index contributed by atoms with van der Waals surface area (Å²) < 4.78 is 0. The maximum atomic E-state index is 12.2. The zero-order valence-electron chi connectivity index (χ0n) is 11.2. The Morgan fingerprint density at radius 1 is 1.20 bits per heavy atom. The van der Waals surface area contributed by atoms with E-state index in [4.69, 9.17) is 0 Å². The van der Waals surface area contributed by atoms with Crippen LogP contribution in [0.1, 0.15) is 10.4 Å². The predicted octanol–water partition coefficient (Wildman–Crippen LogP) is 3.98. The van der Waals surface area contributed by atoms with E-state index in [1.807, 2.05) is 53.9 Å². The van der Waals surface area contributed by atoms with E-state index >= 15 is 0 Å². The molecule has 0 atom stereocenters. The van der Waals surface area contributed by atoms with Gasteiger partial charge in [0.2, 0.25) is 5.91 Å². The van der Waals surface area contributed by atoms with Crippen molar-refractivity contribution in [1.82, 2.24) is 4.90 Å². The second-order valence-electron chi connectivity index (χ2n) is 4.33. The van der Waals surface area contributed by atoms with E-state index < -0.39 is 0 Å². The Morgan fingerprint density at radius 3 is 2.65 bits per heavy atom. The van der Waals surface area contributed by atoms with E-state index in [1.165, 1.54) is 4.88 Å². The summed E-state index contributed by atoms with van der Waals surface area (Å²) in [7, 11) is 0. The van der Waals surface area contributed by atoms with Crippen molar-refractivity contribution < 1.29 is 4.79 Å². The molecule has 0 aliphatic heterocycles. The summed E-state index contributed by atoms with van der Waals surface area (Å²) in [6.07, 6.45) is 5.21. The molecule has 3 heteroatoms. The van der Waals surface area contributed by atoms with Crippen LogP contribution in [0.5, 0.6) is 0 Å². The Labute approximate surface area is 123 Å². The third-order valence-corrected chi connectivity index (χ3v) is 3.67. The topological polar surface area (TPSA) is 20.3 Å². The number of benzene rings is 1. The van der Waals surface area contributed by atoms with E-state index in [-0.39, 0.29) is 5.91 Å². The van der Waals surface area contributed by atoms with Crippen LogP contribution in [0.2, 0.25) is 0 Å². The number of nitrogens with zero attached hydrogens (tertiary/aromatic N) is 1. The van der Waals surface area contributed by atoms with Crippen LogP contribution in [0.15, 0.2) is 66.6 Å². The van der Waals surface area contributed by atoms with Gasteiger partial charge in [-0.1, -0.05) is 42.5 Å². The molecule has 0 N–H and O–H groups in total. The van der Waals surface area contributed by atoms with Crippen molar-refractivity contribution in [2.24, 2.45) is 0 Å². The molecule has 1 aromatic carbocycles. The molecule has 102 valence electrons. The largest absolute Gasteiger partial charge is 0.330 e. The zero-order chi connectivity index (χ0) is 14.2. The van der Waals surface area contributed by atoms with Crippen molar-refractivity contribution in [1.29, 1.82) is 0 Å². The first-order chi connectivity index (χ1) is 9.79. The summed E-state index contributed by atoms with van der Waals surface area (Å²) in [6.45, 7) is 4.89. The van der Waals surface area contributed by atoms with Crippen LogP contribution in [-0.4, -0.2) is 17.4 Å². The van der Waals surface area contributed by atoms with Crippen molar-refractivity contribution in [3.05, 3.63) is 77.0 Å². The molecule has 0 spiro atoms. The maximum absolute atomic E-state index is 12.2. The van der Waals surface area contributed by atoms with Crippen molar-refractivity contribution in [3.8, 4) is 0 Å². The Hall–Kier alpha value is -2.13. The minimum Gasteiger partial charge on any atom is -0.330 e. The van der Waals surface area contributed by atoms with Gasteiger partial charge in [-0.3, -0.25) is 4.79 Å². The molecule has 2 nitrogen and oxygen atoms in total. The normalized spacial score (nSPS) is 10.6. The molecule has 2 rings (SSSR count). The Morgan fingerprint density at radius 2 is 2.00 bits per heavy atom. The van der Waals surface area contributed by atoms with Gasteiger partial charge in [0.25, 0.3) is 0 Å². The quantitative estimate of drug-likeness (QED) is 0.580. The standard InChI is InChI=1S/C17H17NOS/c1-2-12-18(14-16-9-6-13-20-16)17(19)11-10-15-7-4-3-5-8-15/h2-11,13H,1,12,14H2. The number of carbonyl (C=O) groups excluding carboxylic acids is 1. The van der Waals surface area contributed by atoms with Gasteiger partial charge in [0, 0.05) is 17.5 Å². The fourth-order valence-corrected chi connectivity index (χ4v) is 2.54. The monoisotopic (exact) mass is 283 g/mol. The fourth-order valence-electron chi connectivity index (χ4n) is 1.82. The Balaban J connectivity index is 2.03. The smallest absolute Gasteiger partial charge is 0.247 e. The van der Waals surface area contributed by atoms with Crippen LogP contribution < -0.4 is 0 Å². The highest BCUT2D eigenvalue weighted by Gasteiger charge is 2.10. The van der Waals surface area contributed by atoms with Crippen LogP contribution in [0, 0.1) is 0 Å². The summed E-state index contributed by atoms with van der Waals surface area (Å²) in [5.74, 6) is 0.00199. The third-order valence-electron chi connectivity index (χ3n) is 2.81. The van der Waals surface area contributed by atoms with Gasteiger partial charge >= 0.3 is 0 Å². The summed E-state index contributed by atoms with van der Waals surface area (Å²) >= 11 is 1.66. The number of hydrogen-bond donors (Lipinski definition) is 0. The van der Waals surface area contributed by atoms with Crippen LogP contribution in [0.25, 0.3) is 6.08 Å². The van der Waals surface area contributed by atoms with Crippen LogP contribution in [0.3, 0.4) is 0 Å². The fraction of sp³-hybridized carbons (Fsp3) is 0.118. The summed E-state index contributed by atoms with van der Waals surface area (Å²) in [6, 6.07) is 13.8. The lowest BCUT2D eigenvalue weighted by atomic mass is 10.2. The molecule has 2 aromatic rings. The second kappa shape index (κ2) is 7.46. The highest BCUT2D eigenvalue weighted by atomic mass is 32.1. The first kappa shape index (κ1) is 14.3. The van der Waals surface area contributed by atoms with Gasteiger partial charge in [0.05, 0.1) is 6.54 Å². The minimum absolute atomic E-state index is 0.00199. The highest BCUT2D eigenvalue weighted by Crippen LogP contribution is 2.12. The van der Waals surface area contributed by atoms with E-state index in [0.717, 1.165) is 5.56 Å². The van der Waals surface area contributed by atoms with Gasteiger partial charge in [-0.2, -0.15) is 0 Å². The molecule has 20 heavy (non-hydrogen) atoms. The van der Waals surface area contributed by atoms with Crippen LogP contribution in [-0.2, 0) is 11.3 Å². The third kappa shape index (κ3) is 4.21. The van der Waals surface area contributed by atoms with E-state index in [0.29, 0.717) is 13.1 Å². The summed E-state index contributed by atoms with van der Waals surface area (Å²) in [4.78, 5) is 15.2. The first-order valence-corrected chi connectivity index (χ1v) is 7.33. The maximum Gasteiger partial charge on any atom is 0.247 e. The molecule has 0 aliphatic carbocycles. The van der Waals surface area contributed by atoms with Crippen molar-refractivity contribution in [3.63, 3.8) is 0 Å². The number of rotatable bonds is 6. The molecule has 0 aliphatic rings. The average Bonchev–Trinajstić information content (AvgIpc) is 2.98. The molecule has 1 aromatic heterocycles. The molecule has 0 bridgehead atoms. The van der Waals surface area contributed by atoms with Gasteiger partial charge in [0.15, 0.2) is 0 Å². The summed E-state index contributed by atoms with van der Waals surface area (Å²) in [5, 5.41) is 2.02. The van der Waals surface area contributed by atoms with E-state index in [1.54, 1.807) is 28.4 Å². The SMILES string of the molecule is C=CCN(Cc1cccs1)C(=O)C=Cc1ccccc1. The number of carbonyl (C=O) groups is 1. The molecule has 0 saturated heterocycles. The average molecular weight is 283 g/mol. The lowest BCUT2D eigenvalue weighted by molar-refractivity contribution is -0.126. The molecule has 1 amide bonds. The van der Waals surface area contributed by atoms with Crippen LogP contribution >= 0.6 is 11.3 Å². The minimum atomic E-state index is 0.00199. The predicted molar refractivity (Wildman–Crippen MR) is 85.4 cm³/mol. The Kier molecular flexibility index (Phi) is 5.33. The molecule has 0 radical (unpaired) electrons. The molecular weight excluding hydrogens is 266 g/mol. The van der Waals surface area contributed by atoms with E-state index in [2.05, 4.69) is 6.58 Å². The van der Waals surface area contributed by atoms with Gasteiger partial charge in [0.1, 0.15) is 0 Å². The Bertz CT molecular complexity index is 572. The molecule has 0 fully saturated rings. The van der Waals surface area contributed by atoms with Gasteiger partial charge < -0.3 is 4.90 Å². The molecule has 0 unspecified atom stereocenters. The lowest BCUT2D eigenvalue weighted by Gasteiger charge is -2.18. The van der Waals surface area contributed by atoms with Crippen molar-refractivity contribution in [2.75, 3.05) is 6.54 Å². The van der Waals surface area contributed by atoms with Gasteiger partial charge in [-0.05, 0) is 23.1 Å². The zero-order valence-corrected chi connectivity index (χ0v) is 12.1. The number of amides is 1. The van der Waals surface area contributed by atoms with Crippen molar-refractivity contribution in [2.45, 2.75) is 6.54 Å². The van der Waals surface area contributed by atoms with Crippen molar-refractivity contribution >= 4 is 23.3 Å². The van der Waals surface area contributed by atoms with E-state index in [9.17, 15) is 4.79 Å². The molecule has 1 heterocycles. The van der Waals surface area contributed by atoms with Gasteiger partial charge in [-0.15, -0.1) is 17.9 Å². The number of thiophene rings is 1. The van der Waals surface area contributed by atoms with Crippen LogP contribution in [0.4, 0.5) is 0 Å². The highest BCUT2D eigenvalue weighted by molar-refractivity contribution is 7.09. The molecular formula is C17H17NOS. The molecule has 0 saturated carbocycles. The lowest BCUT2D eigenvalue weighted by Crippen LogP contribution is -2.28. The summed E-state index contributed by atoms with van der Waals surface area (Å²) in [5.41, 5.74) is 1.02. The first-order valence-electron chi connectivity index (χ1n) is 6.45. The second-order valence-corrected chi connectivity index (χ2v) is 5.36.